The summed E-state index contributed by atoms with van der Waals surface area (Å²) in [6, 6.07) is 12.0. The average molecular weight is 422 g/mol. The van der Waals surface area contributed by atoms with Gasteiger partial charge in [0.05, 0.1) is 16.6 Å². The molecule has 1 aliphatic heterocycles. The van der Waals surface area contributed by atoms with Gasteiger partial charge in [0.1, 0.15) is 11.6 Å². The summed E-state index contributed by atoms with van der Waals surface area (Å²) in [6.45, 7) is 0.783. The summed E-state index contributed by atoms with van der Waals surface area (Å²) in [5.74, 6) is 1.85. The van der Waals surface area contributed by atoms with Gasteiger partial charge in [-0.2, -0.15) is 15.1 Å². The smallest absolute Gasteiger partial charge is 0.238 e. The van der Waals surface area contributed by atoms with E-state index in [-0.39, 0.29) is 4.90 Å². The molecule has 2 aromatic heterocycles. The fraction of sp³-hybridized carbons (Fsp3) is 0.105. The molecule has 0 saturated heterocycles. The maximum absolute atomic E-state index is 11.4. The molecule has 0 atom stereocenters. The Balaban J connectivity index is 1.45. The molecule has 3 heterocycles. The van der Waals surface area contributed by atoms with Crippen molar-refractivity contribution in [3.05, 3.63) is 54.2 Å². The monoisotopic (exact) mass is 422 g/mol. The number of H-pyrrole nitrogens is 1. The lowest BCUT2D eigenvalue weighted by atomic mass is 10.2. The predicted molar refractivity (Wildman–Crippen MR) is 115 cm³/mol. The third-order valence-corrected chi connectivity index (χ3v) is 5.75. The minimum Gasteiger partial charge on any atom is -0.369 e. The van der Waals surface area contributed by atoms with E-state index in [1.165, 1.54) is 12.1 Å². The molecule has 0 radical (unpaired) electrons. The number of nitrogens with zero attached hydrogens (tertiary/aromatic N) is 3. The van der Waals surface area contributed by atoms with Crippen molar-refractivity contribution in [2.24, 2.45) is 5.14 Å². The van der Waals surface area contributed by atoms with Crippen LogP contribution < -0.4 is 21.1 Å². The molecule has 0 fully saturated rings. The van der Waals surface area contributed by atoms with Crippen molar-refractivity contribution in [3.63, 3.8) is 0 Å². The van der Waals surface area contributed by atoms with Crippen LogP contribution in [0.5, 0.6) is 0 Å². The fourth-order valence-corrected chi connectivity index (χ4v) is 3.86. The summed E-state index contributed by atoms with van der Waals surface area (Å²) in [5.41, 5.74) is 3.46. The normalized spacial score (nSPS) is 13.1. The number of benzene rings is 2. The standard InChI is InChI=1S/C19H18N8O2S/c20-30(28,29)14-5-3-12(4-6-14)24-19-25-17-15(7-8-21-17)18(26-19)23-13-2-1-11-10-22-27-16(11)9-13/h1-6,9-10H,7-8H2,(H,22,27)(H2,20,28,29)(H3,21,23,24,25,26). The highest BCUT2D eigenvalue weighted by Gasteiger charge is 2.19. The maximum atomic E-state index is 11.4. The van der Waals surface area contributed by atoms with Crippen molar-refractivity contribution < 1.29 is 8.42 Å². The van der Waals surface area contributed by atoms with Crippen molar-refractivity contribution in [3.8, 4) is 0 Å². The van der Waals surface area contributed by atoms with Gasteiger partial charge in [-0.3, -0.25) is 5.10 Å². The molecular formula is C19H18N8O2S. The van der Waals surface area contributed by atoms with Gasteiger partial charge in [0.25, 0.3) is 0 Å². The lowest BCUT2D eigenvalue weighted by molar-refractivity contribution is 0.598. The van der Waals surface area contributed by atoms with Crippen LogP contribution in [0.25, 0.3) is 10.9 Å². The van der Waals surface area contributed by atoms with Crippen molar-refractivity contribution in [2.75, 3.05) is 22.5 Å². The Morgan fingerprint density at radius 3 is 2.60 bits per heavy atom. The second-order valence-corrected chi connectivity index (χ2v) is 8.45. The molecular weight excluding hydrogens is 404 g/mol. The summed E-state index contributed by atoms with van der Waals surface area (Å²) in [7, 11) is -3.74. The molecule has 6 N–H and O–H groups in total. The Morgan fingerprint density at radius 1 is 1.00 bits per heavy atom. The van der Waals surface area contributed by atoms with Crippen LogP contribution in [0, 0.1) is 0 Å². The summed E-state index contributed by atoms with van der Waals surface area (Å²) < 4.78 is 22.8. The third-order valence-electron chi connectivity index (χ3n) is 4.82. The Labute approximate surface area is 172 Å². The molecule has 4 aromatic rings. The van der Waals surface area contributed by atoms with E-state index in [4.69, 9.17) is 5.14 Å². The van der Waals surface area contributed by atoms with Crippen LogP contribution >= 0.6 is 0 Å². The molecule has 11 heteroatoms. The Bertz CT molecular complexity index is 1350. The first-order valence-corrected chi connectivity index (χ1v) is 10.8. The summed E-state index contributed by atoms with van der Waals surface area (Å²) in [4.78, 5) is 9.21. The highest BCUT2D eigenvalue weighted by Crippen LogP contribution is 2.31. The Hall–Kier alpha value is -3.70. The summed E-state index contributed by atoms with van der Waals surface area (Å²) in [5, 5.41) is 22.9. The minimum absolute atomic E-state index is 0.0427. The molecule has 0 aliphatic carbocycles. The van der Waals surface area contributed by atoms with Gasteiger partial charge in [-0.05, 0) is 48.9 Å². The first-order valence-electron chi connectivity index (χ1n) is 9.20. The van der Waals surface area contributed by atoms with E-state index in [0.29, 0.717) is 17.5 Å². The minimum atomic E-state index is -3.74. The van der Waals surface area contributed by atoms with Crippen molar-refractivity contribution in [1.82, 2.24) is 20.2 Å². The molecule has 0 unspecified atom stereocenters. The van der Waals surface area contributed by atoms with E-state index < -0.39 is 10.0 Å². The number of primary sulfonamides is 1. The Morgan fingerprint density at radius 2 is 1.80 bits per heavy atom. The lowest BCUT2D eigenvalue weighted by Crippen LogP contribution is -2.11. The number of nitrogens with one attached hydrogen (secondary N) is 4. The number of fused-ring (bicyclic) bond motifs is 2. The largest absolute Gasteiger partial charge is 0.369 e. The van der Waals surface area contributed by atoms with Gasteiger partial charge in [-0.1, -0.05) is 0 Å². The van der Waals surface area contributed by atoms with E-state index >= 15 is 0 Å². The molecule has 0 bridgehead atoms. The van der Waals surface area contributed by atoms with E-state index in [1.54, 1.807) is 18.3 Å². The van der Waals surface area contributed by atoms with E-state index in [9.17, 15) is 8.42 Å². The van der Waals surface area contributed by atoms with Crippen LogP contribution in [0.2, 0.25) is 0 Å². The number of hydrogen-bond donors (Lipinski definition) is 5. The van der Waals surface area contributed by atoms with Crippen molar-refractivity contribution in [2.45, 2.75) is 11.3 Å². The number of rotatable bonds is 5. The van der Waals surface area contributed by atoms with Crippen LogP contribution in [0.15, 0.2) is 53.6 Å². The number of hydrogen-bond acceptors (Lipinski definition) is 8. The quantitative estimate of drug-likeness (QED) is 0.329. The molecule has 5 rings (SSSR count). The second kappa shape index (κ2) is 6.97. The predicted octanol–water partition coefficient (Wildman–Crippen LogP) is 2.46. The molecule has 2 aromatic carbocycles. The highest BCUT2D eigenvalue weighted by molar-refractivity contribution is 7.89. The van der Waals surface area contributed by atoms with Crippen LogP contribution in [0.1, 0.15) is 5.56 Å². The molecule has 1 aliphatic rings. The van der Waals surface area contributed by atoms with E-state index in [2.05, 4.69) is 36.1 Å². The lowest BCUT2D eigenvalue weighted by Gasteiger charge is -2.13. The number of nitrogens with two attached hydrogens (primary N) is 1. The van der Waals surface area contributed by atoms with Crippen LogP contribution in [-0.2, 0) is 16.4 Å². The molecule has 10 nitrogen and oxygen atoms in total. The van der Waals surface area contributed by atoms with Gasteiger partial charge in [0.15, 0.2) is 0 Å². The molecule has 152 valence electrons. The van der Waals surface area contributed by atoms with Crippen molar-refractivity contribution in [1.29, 1.82) is 0 Å². The number of sulfonamides is 1. The van der Waals surface area contributed by atoms with Gasteiger partial charge in [0.2, 0.25) is 16.0 Å². The first-order chi connectivity index (χ1) is 14.5. The van der Waals surface area contributed by atoms with E-state index in [1.807, 2.05) is 18.2 Å². The number of aromatic nitrogens is 4. The summed E-state index contributed by atoms with van der Waals surface area (Å²) >= 11 is 0. The average Bonchev–Trinajstić information content (AvgIpc) is 3.36. The third kappa shape index (κ3) is 3.51. The zero-order valence-electron chi connectivity index (χ0n) is 15.7. The van der Waals surface area contributed by atoms with Gasteiger partial charge in [-0.25, -0.2) is 13.6 Å². The molecule has 0 amide bonds. The van der Waals surface area contributed by atoms with Gasteiger partial charge in [0, 0.05) is 28.9 Å². The number of anilines is 5. The topological polar surface area (TPSA) is 151 Å². The SMILES string of the molecule is NS(=O)(=O)c1ccc(Nc2nc3c(c(Nc4ccc5cn[nH]c5c4)n2)CCN3)cc1. The first kappa shape index (κ1) is 18.3. The second-order valence-electron chi connectivity index (χ2n) is 6.89. The zero-order chi connectivity index (χ0) is 20.7. The molecule has 0 spiro atoms. The number of aromatic amines is 1. The fourth-order valence-electron chi connectivity index (χ4n) is 3.34. The van der Waals surface area contributed by atoms with Gasteiger partial charge >= 0.3 is 0 Å². The highest BCUT2D eigenvalue weighted by atomic mass is 32.2. The van der Waals surface area contributed by atoms with Crippen LogP contribution in [-0.4, -0.2) is 35.1 Å². The van der Waals surface area contributed by atoms with Crippen molar-refractivity contribution >= 4 is 49.9 Å². The van der Waals surface area contributed by atoms with Crippen LogP contribution in [0.3, 0.4) is 0 Å². The summed E-state index contributed by atoms with van der Waals surface area (Å²) in [6.07, 6.45) is 2.59. The zero-order valence-corrected chi connectivity index (χ0v) is 16.5. The van der Waals surface area contributed by atoms with Gasteiger partial charge in [-0.15, -0.1) is 0 Å². The maximum Gasteiger partial charge on any atom is 0.238 e. The van der Waals surface area contributed by atoms with Gasteiger partial charge < -0.3 is 16.0 Å². The van der Waals surface area contributed by atoms with E-state index in [0.717, 1.165) is 40.9 Å². The molecule has 30 heavy (non-hydrogen) atoms. The Kier molecular flexibility index (Phi) is 4.26. The molecule has 0 saturated carbocycles. The van der Waals surface area contributed by atoms with Crippen LogP contribution in [0.4, 0.5) is 29.0 Å².